The lowest BCUT2D eigenvalue weighted by Gasteiger charge is -1.99. The van der Waals surface area contributed by atoms with E-state index in [4.69, 9.17) is 0 Å². The Balaban J connectivity index is 2.13. The van der Waals surface area contributed by atoms with Crippen LogP contribution in [0.4, 0.5) is 0 Å². The Hall–Kier alpha value is -1.26. The first-order chi connectivity index (χ1) is 8.31. The minimum Gasteiger partial charge on any atom is -0.312 e. The van der Waals surface area contributed by atoms with Gasteiger partial charge < -0.3 is 5.32 Å². The van der Waals surface area contributed by atoms with Crippen molar-refractivity contribution in [2.24, 2.45) is 0 Å². The maximum Gasteiger partial charge on any atom is 0.125 e. The van der Waals surface area contributed by atoms with Crippen LogP contribution in [0.5, 0.6) is 0 Å². The van der Waals surface area contributed by atoms with E-state index in [1.54, 1.807) is 17.5 Å². The quantitative estimate of drug-likeness (QED) is 0.825. The van der Waals surface area contributed by atoms with E-state index in [1.165, 1.54) is 4.88 Å². The van der Waals surface area contributed by atoms with Crippen molar-refractivity contribution in [3.63, 3.8) is 0 Å². The molecule has 4 heteroatoms. The van der Waals surface area contributed by atoms with Crippen LogP contribution in [0.2, 0.25) is 0 Å². The van der Waals surface area contributed by atoms with Crippen LogP contribution in [-0.4, -0.2) is 16.5 Å². The van der Waals surface area contributed by atoms with Gasteiger partial charge in [-0.3, -0.25) is 4.98 Å². The molecule has 0 fully saturated rings. The average Bonchev–Trinajstić information content (AvgIpc) is 2.73. The topological polar surface area (TPSA) is 37.8 Å². The van der Waals surface area contributed by atoms with Gasteiger partial charge in [0.15, 0.2) is 0 Å². The largest absolute Gasteiger partial charge is 0.312 e. The lowest BCUT2D eigenvalue weighted by Crippen LogP contribution is -2.13. The Labute approximate surface area is 106 Å². The van der Waals surface area contributed by atoms with Crippen molar-refractivity contribution in [3.8, 4) is 10.6 Å². The molecule has 2 rings (SSSR count). The van der Waals surface area contributed by atoms with Gasteiger partial charge in [0, 0.05) is 29.4 Å². The molecular weight excluding hydrogens is 230 g/mol. The molecule has 2 aromatic rings. The van der Waals surface area contributed by atoms with E-state index in [-0.39, 0.29) is 0 Å². The zero-order chi connectivity index (χ0) is 12.1. The number of nitrogens with one attached hydrogen (secondary N) is 1. The van der Waals surface area contributed by atoms with Gasteiger partial charge >= 0.3 is 0 Å². The summed E-state index contributed by atoms with van der Waals surface area (Å²) < 4.78 is 0. The molecule has 0 aromatic carbocycles. The summed E-state index contributed by atoms with van der Waals surface area (Å²) >= 11 is 1.75. The molecule has 0 aliphatic carbocycles. The van der Waals surface area contributed by atoms with Crippen molar-refractivity contribution in [1.29, 1.82) is 0 Å². The maximum absolute atomic E-state index is 4.60. The fraction of sp³-hybridized carbons (Fsp3) is 0.385. The Kier molecular flexibility index (Phi) is 4.23. The molecule has 90 valence electrons. The molecule has 17 heavy (non-hydrogen) atoms. The van der Waals surface area contributed by atoms with Crippen molar-refractivity contribution in [2.75, 3.05) is 6.54 Å². The highest BCUT2D eigenvalue weighted by Gasteiger charge is 2.08. The second-order valence-corrected chi connectivity index (χ2v) is 5.03. The molecule has 0 aliphatic heterocycles. The van der Waals surface area contributed by atoms with Gasteiger partial charge in [0.05, 0.1) is 5.69 Å². The van der Waals surface area contributed by atoms with Crippen LogP contribution in [0.15, 0.2) is 24.5 Å². The van der Waals surface area contributed by atoms with Crippen LogP contribution < -0.4 is 5.32 Å². The fourth-order valence-electron chi connectivity index (χ4n) is 1.58. The van der Waals surface area contributed by atoms with Gasteiger partial charge in [0.25, 0.3) is 0 Å². The molecule has 0 aliphatic rings. The third-order valence-corrected chi connectivity index (χ3v) is 3.72. The number of aromatic nitrogens is 2. The Morgan fingerprint density at radius 1 is 1.41 bits per heavy atom. The zero-order valence-electron chi connectivity index (χ0n) is 10.2. The SMILES string of the molecule is CCCNCc1sc(-c2cccnc2)nc1C. The number of thiazole rings is 1. The number of hydrogen-bond acceptors (Lipinski definition) is 4. The third-order valence-electron chi connectivity index (χ3n) is 2.51. The van der Waals surface area contributed by atoms with Crippen LogP contribution in [0.1, 0.15) is 23.9 Å². The van der Waals surface area contributed by atoms with E-state index in [0.29, 0.717) is 0 Å². The highest BCUT2D eigenvalue weighted by molar-refractivity contribution is 7.15. The summed E-state index contributed by atoms with van der Waals surface area (Å²) in [5, 5.41) is 4.47. The predicted octanol–water partition coefficient (Wildman–Crippen LogP) is 3.01. The minimum atomic E-state index is 0.914. The smallest absolute Gasteiger partial charge is 0.125 e. The van der Waals surface area contributed by atoms with Crippen LogP contribution in [0.3, 0.4) is 0 Å². The summed E-state index contributed by atoms with van der Waals surface area (Å²) in [6.07, 6.45) is 4.81. The Morgan fingerprint density at radius 2 is 2.29 bits per heavy atom. The van der Waals surface area contributed by atoms with Crippen molar-refractivity contribution >= 4 is 11.3 Å². The summed E-state index contributed by atoms with van der Waals surface area (Å²) in [6.45, 7) is 6.21. The summed E-state index contributed by atoms with van der Waals surface area (Å²) in [4.78, 5) is 10.0. The molecule has 3 nitrogen and oxygen atoms in total. The van der Waals surface area contributed by atoms with E-state index >= 15 is 0 Å². The van der Waals surface area contributed by atoms with Crippen molar-refractivity contribution in [2.45, 2.75) is 26.8 Å². The highest BCUT2D eigenvalue weighted by Crippen LogP contribution is 2.26. The van der Waals surface area contributed by atoms with E-state index < -0.39 is 0 Å². The molecule has 0 bridgehead atoms. The van der Waals surface area contributed by atoms with Gasteiger partial charge in [-0.15, -0.1) is 11.3 Å². The Bertz CT molecular complexity index is 465. The van der Waals surface area contributed by atoms with Crippen LogP contribution >= 0.6 is 11.3 Å². The normalized spacial score (nSPS) is 10.7. The molecule has 0 radical (unpaired) electrons. The standard InChI is InChI=1S/C13H17N3S/c1-3-6-14-9-12-10(2)16-13(17-12)11-5-4-7-15-8-11/h4-5,7-8,14H,3,6,9H2,1-2H3. The number of aryl methyl sites for hydroxylation is 1. The summed E-state index contributed by atoms with van der Waals surface area (Å²) in [5.74, 6) is 0. The average molecular weight is 247 g/mol. The monoisotopic (exact) mass is 247 g/mol. The number of rotatable bonds is 5. The van der Waals surface area contributed by atoms with Crippen molar-refractivity contribution in [1.82, 2.24) is 15.3 Å². The van der Waals surface area contributed by atoms with Gasteiger partial charge in [0.1, 0.15) is 5.01 Å². The minimum absolute atomic E-state index is 0.914. The molecule has 0 saturated carbocycles. The molecule has 0 amide bonds. The van der Waals surface area contributed by atoms with Crippen molar-refractivity contribution in [3.05, 3.63) is 35.1 Å². The molecule has 1 N–H and O–H groups in total. The number of hydrogen-bond donors (Lipinski definition) is 1. The first-order valence-corrected chi connectivity index (χ1v) is 6.70. The van der Waals surface area contributed by atoms with Crippen LogP contribution in [0.25, 0.3) is 10.6 Å². The van der Waals surface area contributed by atoms with Gasteiger partial charge in [-0.25, -0.2) is 4.98 Å². The fourth-order valence-corrected chi connectivity index (χ4v) is 2.61. The summed E-state index contributed by atoms with van der Waals surface area (Å²) in [6, 6.07) is 4.00. The maximum atomic E-state index is 4.60. The zero-order valence-corrected chi connectivity index (χ0v) is 11.0. The second kappa shape index (κ2) is 5.89. The second-order valence-electron chi connectivity index (χ2n) is 3.95. The highest BCUT2D eigenvalue weighted by atomic mass is 32.1. The van der Waals surface area contributed by atoms with Gasteiger partial charge in [0.2, 0.25) is 0 Å². The first-order valence-electron chi connectivity index (χ1n) is 5.88. The molecule has 2 heterocycles. The molecule has 2 aromatic heterocycles. The third kappa shape index (κ3) is 3.11. The van der Waals surface area contributed by atoms with E-state index in [1.807, 2.05) is 12.3 Å². The first kappa shape index (κ1) is 12.2. The molecule has 0 saturated heterocycles. The van der Waals surface area contributed by atoms with E-state index in [2.05, 4.69) is 35.2 Å². The molecule has 0 spiro atoms. The van der Waals surface area contributed by atoms with E-state index in [0.717, 1.165) is 35.8 Å². The lowest BCUT2D eigenvalue weighted by molar-refractivity contribution is 0.678. The predicted molar refractivity (Wildman–Crippen MR) is 72.1 cm³/mol. The lowest BCUT2D eigenvalue weighted by atomic mass is 10.3. The van der Waals surface area contributed by atoms with Crippen LogP contribution in [-0.2, 0) is 6.54 Å². The molecular formula is C13H17N3S. The van der Waals surface area contributed by atoms with Crippen LogP contribution in [0, 0.1) is 6.92 Å². The molecule has 0 atom stereocenters. The summed E-state index contributed by atoms with van der Waals surface area (Å²) in [7, 11) is 0. The molecule has 0 unspecified atom stereocenters. The van der Waals surface area contributed by atoms with Gasteiger partial charge in [-0.2, -0.15) is 0 Å². The number of nitrogens with zero attached hydrogens (tertiary/aromatic N) is 2. The van der Waals surface area contributed by atoms with E-state index in [9.17, 15) is 0 Å². The summed E-state index contributed by atoms with van der Waals surface area (Å²) in [5.41, 5.74) is 2.22. The number of pyridine rings is 1. The van der Waals surface area contributed by atoms with Crippen molar-refractivity contribution < 1.29 is 0 Å². The Morgan fingerprint density at radius 3 is 3.00 bits per heavy atom. The van der Waals surface area contributed by atoms with Gasteiger partial charge in [-0.1, -0.05) is 6.92 Å². The van der Waals surface area contributed by atoms with Gasteiger partial charge in [-0.05, 0) is 32.0 Å².